The molecule has 2 atom stereocenters. The summed E-state index contributed by atoms with van der Waals surface area (Å²) in [4.78, 5) is 15.4. The van der Waals surface area contributed by atoms with Crippen LogP contribution >= 0.6 is 24.2 Å². The lowest BCUT2D eigenvalue weighted by molar-refractivity contribution is -0.272. The van der Waals surface area contributed by atoms with Gasteiger partial charge in [0.25, 0.3) is 0 Å². The summed E-state index contributed by atoms with van der Waals surface area (Å²) in [6.45, 7) is -0.301. The van der Waals surface area contributed by atoms with E-state index in [1.165, 1.54) is 31.2 Å². The van der Waals surface area contributed by atoms with Crippen LogP contribution in [-0.2, 0) is 17.4 Å². The van der Waals surface area contributed by atoms with E-state index in [-0.39, 0.29) is 24.9 Å². The van der Waals surface area contributed by atoms with Crippen LogP contribution < -0.4 is 10.6 Å². The van der Waals surface area contributed by atoms with E-state index in [1.807, 2.05) is 0 Å². The van der Waals surface area contributed by atoms with Gasteiger partial charge in [-0.25, -0.2) is 4.98 Å². The van der Waals surface area contributed by atoms with Gasteiger partial charge < -0.3 is 15.0 Å². The molecule has 0 saturated carbocycles. The number of hydrogen-bond donors (Lipinski definition) is 3. The Hall–Kier alpha value is -0.970. The first-order valence-electron chi connectivity index (χ1n) is 6.61. The largest absolute Gasteiger partial charge is 0.424 e. The number of carbonyl (C=O) groups is 1. The Bertz CT molecular complexity index is 537. The smallest absolute Gasteiger partial charge is 0.374 e. The molecule has 1 aromatic rings. The zero-order chi connectivity index (χ0) is 16.4. The minimum absolute atomic E-state index is 0. The van der Waals surface area contributed by atoms with E-state index in [9.17, 15) is 23.1 Å². The second-order valence-electron chi connectivity index (χ2n) is 5.03. The number of imidazole rings is 1. The van der Waals surface area contributed by atoms with E-state index >= 15 is 0 Å². The van der Waals surface area contributed by atoms with Gasteiger partial charge in [-0.3, -0.25) is 10.1 Å². The first kappa shape index (κ1) is 20.1. The van der Waals surface area contributed by atoms with Crippen molar-refractivity contribution in [3.05, 3.63) is 18.2 Å². The summed E-state index contributed by atoms with van der Waals surface area (Å²) >= 11 is 1.54. The van der Waals surface area contributed by atoms with Crippen LogP contribution in [0.5, 0.6) is 0 Å². The van der Waals surface area contributed by atoms with Crippen molar-refractivity contribution in [2.24, 2.45) is 7.05 Å². The van der Waals surface area contributed by atoms with Gasteiger partial charge in [0.1, 0.15) is 5.82 Å². The molecule has 3 N–H and O–H groups in total. The maximum atomic E-state index is 13.2. The molecule has 0 aliphatic carbocycles. The lowest BCUT2D eigenvalue weighted by Crippen LogP contribution is -2.48. The molecule has 11 heteroatoms. The molecule has 1 amide bonds. The predicted octanol–water partition coefficient (Wildman–Crippen LogP) is 0.761. The summed E-state index contributed by atoms with van der Waals surface area (Å²) in [5.74, 6) is 0.352. The molecule has 2 unspecified atom stereocenters. The van der Waals surface area contributed by atoms with Gasteiger partial charge in [-0.2, -0.15) is 13.2 Å². The van der Waals surface area contributed by atoms with E-state index in [1.54, 1.807) is 0 Å². The number of nitrogens with zero attached hydrogens (tertiary/aromatic N) is 2. The fraction of sp³-hybridized carbons (Fsp3) is 0.667. The minimum Gasteiger partial charge on any atom is -0.374 e. The number of aryl methyl sites for hydroxylation is 1. The molecule has 2 rings (SSSR count). The second kappa shape index (κ2) is 7.73. The van der Waals surface area contributed by atoms with Gasteiger partial charge in [0, 0.05) is 44.0 Å². The van der Waals surface area contributed by atoms with Crippen LogP contribution in [0.2, 0.25) is 0 Å². The number of alkyl halides is 3. The Balaban J connectivity index is 0.00000264. The van der Waals surface area contributed by atoms with Crippen LogP contribution in [0.1, 0.15) is 12.2 Å². The van der Waals surface area contributed by atoms with E-state index in [0.717, 1.165) is 4.57 Å². The van der Waals surface area contributed by atoms with Crippen LogP contribution in [0, 0.1) is 0 Å². The van der Waals surface area contributed by atoms with Crippen LogP contribution in [-0.4, -0.2) is 51.0 Å². The average Bonchev–Trinajstić information content (AvgIpc) is 3.07. The molecular formula is C12H18ClF3N4O2S. The molecule has 132 valence electrons. The first-order chi connectivity index (χ1) is 10.3. The fourth-order valence-corrected chi connectivity index (χ4v) is 3.14. The van der Waals surface area contributed by atoms with Crippen molar-refractivity contribution in [3.63, 3.8) is 0 Å². The molecule has 0 bridgehead atoms. The van der Waals surface area contributed by atoms with Gasteiger partial charge in [0.05, 0.1) is 6.04 Å². The molecule has 1 aliphatic heterocycles. The molecule has 0 aromatic carbocycles. The highest BCUT2D eigenvalue weighted by molar-refractivity contribution is 7.99. The van der Waals surface area contributed by atoms with Gasteiger partial charge >= 0.3 is 6.18 Å². The molecule has 1 fully saturated rings. The number of carbonyl (C=O) groups excluding carboxylic acids is 1. The van der Waals surface area contributed by atoms with Crippen molar-refractivity contribution in [1.29, 1.82) is 0 Å². The predicted molar refractivity (Wildman–Crippen MR) is 82.3 cm³/mol. The molecular weight excluding hydrogens is 357 g/mol. The SMILES string of the molecule is Cl.Cn1ccnc1C(O)(CCNC(=O)C1CSCN1)C(F)(F)F. The topological polar surface area (TPSA) is 79.2 Å². The Morgan fingerprint density at radius 2 is 2.30 bits per heavy atom. The van der Waals surface area contributed by atoms with Crippen molar-refractivity contribution in [2.45, 2.75) is 24.2 Å². The maximum absolute atomic E-state index is 13.2. The van der Waals surface area contributed by atoms with Crippen LogP contribution in [0.15, 0.2) is 12.4 Å². The number of aliphatic hydroxyl groups is 1. The van der Waals surface area contributed by atoms with E-state index in [0.29, 0.717) is 11.6 Å². The first-order valence-corrected chi connectivity index (χ1v) is 7.77. The summed E-state index contributed by atoms with van der Waals surface area (Å²) in [7, 11) is 1.37. The Labute approximate surface area is 141 Å². The highest BCUT2D eigenvalue weighted by Gasteiger charge is 2.57. The van der Waals surface area contributed by atoms with E-state index in [2.05, 4.69) is 15.6 Å². The Morgan fingerprint density at radius 1 is 1.61 bits per heavy atom. The van der Waals surface area contributed by atoms with Crippen LogP contribution in [0.4, 0.5) is 13.2 Å². The number of hydrogen-bond acceptors (Lipinski definition) is 5. The minimum atomic E-state index is -4.89. The number of thioether (sulfide) groups is 1. The maximum Gasteiger partial charge on any atom is 0.424 e. The van der Waals surface area contributed by atoms with Crippen molar-refractivity contribution in [3.8, 4) is 0 Å². The highest BCUT2D eigenvalue weighted by atomic mass is 35.5. The van der Waals surface area contributed by atoms with Crippen LogP contribution in [0.3, 0.4) is 0 Å². The van der Waals surface area contributed by atoms with Gasteiger partial charge in [-0.15, -0.1) is 24.2 Å². The van der Waals surface area contributed by atoms with Crippen molar-refractivity contribution >= 4 is 30.1 Å². The number of amides is 1. The van der Waals surface area contributed by atoms with Crippen LogP contribution in [0.25, 0.3) is 0 Å². The zero-order valence-corrected chi connectivity index (χ0v) is 13.9. The number of nitrogens with one attached hydrogen (secondary N) is 2. The molecule has 1 aromatic heterocycles. The van der Waals surface area contributed by atoms with Crippen molar-refractivity contribution in [2.75, 3.05) is 18.2 Å². The highest BCUT2D eigenvalue weighted by Crippen LogP contribution is 2.40. The van der Waals surface area contributed by atoms with Gasteiger partial charge in [0.2, 0.25) is 11.5 Å². The molecule has 1 aliphatic rings. The lowest BCUT2D eigenvalue weighted by Gasteiger charge is -2.30. The fourth-order valence-electron chi connectivity index (χ4n) is 2.20. The summed E-state index contributed by atoms with van der Waals surface area (Å²) in [5, 5.41) is 15.4. The molecule has 6 nitrogen and oxygen atoms in total. The zero-order valence-electron chi connectivity index (χ0n) is 12.3. The van der Waals surface area contributed by atoms with Crippen molar-refractivity contribution in [1.82, 2.24) is 20.2 Å². The number of aromatic nitrogens is 2. The van der Waals surface area contributed by atoms with Gasteiger partial charge in [-0.05, 0) is 0 Å². The molecule has 0 radical (unpaired) electrons. The van der Waals surface area contributed by atoms with Gasteiger partial charge in [-0.1, -0.05) is 0 Å². The normalized spacial score (nSPS) is 20.7. The number of rotatable bonds is 5. The third kappa shape index (κ3) is 4.31. The molecule has 2 heterocycles. The summed E-state index contributed by atoms with van der Waals surface area (Å²) < 4.78 is 40.8. The average molecular weight is 375 g/mol. The van der Waals surface area contributed by atoms with Crippen molar-refractivity contribution < 1.29 is 23.1 Å². The Morgan fingerprint density at radius 3 is 2.78 bits per heavy atom. The monoisotopic (exact) mass is 374 g/mol. The summed E-state index contributed by atoms with van der Waals surface area (Å²) in [6, 6.07) is -0.405. The summed E-state index contributed by atoms with van der Waals surface area (Å²) in [5.41, 5.74) is -3.10. The Kier molecular flexibility index (Phi) is 6.75. The molecule has 1 saturated heterocycles. The second-order valence-corrected chi connectivity index (χ2v) is 6.06. The molecule has 23 heavy (non-hydrogen) atoms. The summed E-state index contributed by atoms with van der Waals surface area (Å²) in [6.07, 6.45) is -3.08. The number of halogens is 4. The third-order valence-electron chi connectivity index (χ3n) is 3.48. The molecule has 0 spiro atoms. The van der Waals surface area contributed by atoms with E-state index < -0.39 is 30.1 Å². The standard InChI is InChI=1S/C12H17F3N4O2S.ClH/c1-19-5-4-17-10(19)11(21,12(13,14)15)2-3-16-9(20)8-6-22-7-18-8;/h4-5,8,18,21H,2-3,6-7H2,1H3,(H,16,20);1H. The third-order valence-corrected chi connectivity index (χ3v) is 4.42. The quantitative estimate of drug-likeness (QED) is 0.709. The lowest BCUT2D eigenvalue weighted by atomic mass is 9.97. The van der Waals surface area contributed by atoms with Gasteiger partial charge in [0.15, 0.2) is 0 Å². The van der Waals surface area contributed by atoms with E-state index in [4.69, 9.17) is 0 Å².